The van der Waals surface area contributed by atoms with Crippen LogP contribution in [0, 0.1) is 0 Å². The van der Waals surface area contributed by atoms with Crippen molar-refractivity contribution in [2.45, 2.75) is 19.5 Å². The fourth-order valence-electron chi connectivity index (χ4n) is 2.28. The Bertz CT molecular complexity index is 355. The van der Waals surface area contributed by atoms with Gasteiger partial charge in [0.1, 0.15) is 0 Å². The molecular weight excluding hydrogens is 228 g/mol. The molecular formula is C12H24N6. The second-order valence-corrected chi connectivity index (χ2v) is 4.81. The fraction of sp³-hybridized carbons (Fsp3) is 0.750. The summed E-state index contributed by atoms with van der Waals surface area (Å²) in [6, 6.07) is 0.149. The minimum absolute atomic E-state index is 0.149. The minimum Gasteiger partial charge on any atom is -0.333 e. The van der Waals surface area contributed by atoms with Gasteiger partial charge in [-0.1, -0.05) is 0 Å². The van der Waals surface area contributed by atoms with E-state index in [0.717, 1.165) is 32.7 Å². The van der Waals surface area contributed by atoms with E-state index in [0.29, 0.717) is 6.54 Å². The predicted octanol–water partition coefficient (Wildman–Crippen LogP) is -0.345. The highest BCUT2D eigenvalue weighted by Crippen LogP contribution is 2.12. The molecule has 0 radical (unpaired) electrons. The minimum atomic E-state index is 0.149. The number of likely N-dealkylation sites (N-methyl/N-ethyl adjacent to an activating group) is 1. The molecule has 6 nitrogen and oxygen atoms in total. The van der Waals surface area contributed by atoms with Gasteiger partial charge in [-0.25, -0.2) is 15.4 Å². The highest BCUT2D eigenvalue weighted by molar-refractivity contribution is 5.05. The summed E-state index contributed by atoms with van der Waals surface area (Å²) < 4.78 is 2.14. The molecule has 0 amide bonds. The first-order valence-electron chi connectivity index (χ1n) is 6.64. The lowest BCUT2D eigenvalue weighted by Crippen LogP contribution is -2.52. The molecule has 1 atom stereocenters. The molecule has 1 saturated heterocycles. The largest absolute Gasteiger partial charge is 0.333 e. The molecule has 0 spiro atoms. The number of nitrogens with one attached hydrogen (secondary N) is 1. The topological polar surface area (TPSA) is 62.4 Å². The number of imidazole rings is 1. The highest BCUT2D eigenvalue weighted by atomic mass is 15.5. The molecule has 1 unspecified atom stereocenters. The van der Waals surface area contributed by atoms with Gasteiger partial charge in [-0.15, -0.1) is 0 Å². The number of hydrogen-bond acceptors (Lipinski definition) is 5. The van der Waals surface area contributed by atoms with Crippen molar-refractivity contribution < 1.29 is 0 Å². The standard InChI is InChI=1S/C12H24N6/c1-3-17-10-14-9-12(17)11(8-13)15-18-6-4-16(2)5-7-18/h9-11,15H,3-8,13H2,1-2H3. The zero-order chi connectivity index (χ0) is 13.0. The summed E-state index contributed by atoms with van der Waals surface area (Å²) in [5.41, 5.74) is 10.6. The monoisotopic (exact) mass is 252 g/mol. The smallest absolute Gasteiger partial charge is 0.0948 e. The lowest BCUT2D eigenvalue weighted by atomic mass is 10.2. The van der Waals surface area contributed by atoms with Crippen molar-refractivity contribution in [1.82, 2.24) is 24.9 Å². The van der Waals surface area contributed by atoms with E-state index in [1.165, 1.54) is 5.69 Å². The molecule has 1 aromatic rings. The van der Waals surface area contributed by atoms with Gasteiger partial charge in [-0.2, -0.15) is 0 Å². The Morgan fingerprint density at radius 1 is 1.39 bits per heavy atom. The summed E-state index contributed by atoms with van der Waals surface area (Å²) in [4.78, 5) is 6.55. The quantitative estimate of drug-likeness (QED) is 0.750. The second kappa shape index (κ2) is 6.29. The van der Waals surface area contributed by atoms with E-state index in [9.17, 15) is 0 Å². The summed E-state index contributed by atoms with van der Waals surface area (Å²) in [7, 11) is 2.16. The third kappa shape index (κ3) is 3.08. The van der Waals surface area contributed by atoms with Gasteiger partial charge in [-0.3, -0.25) is 0 Å². The second-order valence-electron chi connectivity index (χ2n) is 4.81. The first-order valence-corrected chi connectivity index (χ1v) is 6.64. The Kier molecular flexibility index (Phi) is 4.71. The number of piperazine rings is 1. The average Bonchev–Trinajstić information content (AvgIpc) is 2.86. The van der Waals surface area contributed by atoms with Crippen LogP contribution in [0.15, 0.2) is 12.5 Å². The van der Waals surface area contributed by atoms with Gasteiger partial charge in [0.2, 0.25) is 0 Å². The van der Waals surface area contributed by atoms with Crippen LogP contribution in [0.3, 0.4) is 0 Å². The van der Waals surface area contributed by atoms with E-state index in [1.54, 1.807) is 0 Å². The Balaban J connectivity index is 1.97. The molecule has 0 aliphatic carbocycles. The van der Waals surface area contributed by atoms with Crippen molar-refractivity contribution in [3.05, 3.63) is 18.2 Å². The van der Waals surface area contributed by atoms with Gasteiger partial charge >= 0.3 is 0 Å². The van der Waals surface area contributed by atoms with Crippen LogP contribution < -0.4 is 11.2 Å². The lowest BCUT2D eigenvalue weighted by Gasteiger charge is -2.35. The van der Waals surface area contributed by atoms with Crippen molar-refractivity contribution in [3.8, 4) is 0 Å². The van der Waals surface area contributed by atoms with Crippen LogP contribution in [0.2, 0.25) is 0 Å². The molecule has 102 valence electrons. The molecule has 1 aliphatic rings. The Labute approximate surface area is 109 Å². The highest BCUT2D eigenvalue weighted by Gasteiger charge is 2.19. The molecule has 2 rings (SSSR count). The van der Waals surface area contributed by atoms with Crippen molar-refractivity contribution in [3.63, 3.8) is 0 Å². The molecule has 18 heavy (non-hydrogen) atoms. The maximum absolute atomic E-state index is 5.89. The van der Waals surface area contributed by atoms with Crippen molar-refractivity contribution in [1.29, 1.82) is 0 Å². The van der Waals surface area contributed by atoms with E-state index < -0.39 is 0 Å². The van der Waals surface area contributed by atoms with Crippen LogP contribution in [-0.2, 0) is 6.54 Å². The summed E-state index contributed by atoms with van der Waals surface area (Å²) in [5, 5.41) is 2.27. The van der Waals surface area contributed by atoms with Crippen LogP contribution in [-0.4, -0.2) is 59.2 Å². The van der Waals surface area contributed by atoms with Gasteiger partial charge in [0.15, 0.2) is 0 Å². The van der Waals surface area contributed by atoms with Gasteiger partial charge < -0.3 is 15.2 Å². The van der Waals surface area contributed by atoms with E-state index in [1.807, 2.05) is 12.5 Å². The Morgan fingerprint density at radius 3 is 2.72 bits per heavy atom. The Hall–Kier alpha value is -0.950. The third-order valence-electron chi connectivity index (χ3n) is 3.52. The molecule has 1 fully saturated rings. The third-order valence-corrected chi connectivity index (χ3v) is 3.52. The van der Waals surface area contributed by atoms with Crippen molar-refractivity contribution in [2.24, 2.45) is 5.73 Å². The normalized spacial score (nSPS) is 20.2. The van der Waals surface area contributed by atoms with Crippen LogP contribution in [0.25, 0.3) is 0 Å². The number of hydrogen-bond donors (Lipinski definition) is 2. The molecule has 2 heterocycles. The zero-order valence-corrected chi connectivity index (χ0v) is 11.3. The molecule has 0 saturated carbocycles. The molecule has 0 bridgehead atoms. The van der Waals surface area contributed by atoms with Gasteiger partial charge in [0, 0.05) is 45.5 Å². The molecule has 3 N–H and O–H groups in total. The summed E-state index contributed by atoms with van der Waals surface area (Å²) >= 11 is 0. The van der Waals surface area contributed by atoms with E-state index >= 15 is 0 Å². The number of rotatable bonds is 5. The van der Waals surface area contributed by atoms with Crippen molar-refractivity contribution in [2.75, 3.05) is 39.8 Å². The number of nitrogens with two attached hydrogens (primary N) is 1. The summed E-state index contributed by atoms with van der Waals surface area (Å²) in [6.07, 6.45) is 3.77. The number of hydrazine groups is 1. The molecule has 0 aromatic carbocycles. The Morgan fingerprint density at radius 2 is 2.11 bits per heavy atom. The lowest BCUT2D eigenvalue weighted by molar-refractivity contribution is 0.0865. The fourth-order valence-corrected chi connectivity index (χ4v) is 2.28. The first kappa shape index (κ1) is 13.5. The molecule has 1 aromatic heterocycles. The van der Waals surface area contributed by atoms with E-state index in [2.05, 4.69) is 38.9 Å². The van der Waals surface area contributed by atoms with Gasteiger partial charge in [0.05, 0.1) is 18.1 Å². The maximum Gasteiger partial charge on any atom is 0.0948 e. The SMILES string of the molecule is CCn1cncc1C(CN)NN1CCN(C)CC1. The number of aryl methyl sites for hydroxylation is 1. The van der Waals surface area contributed by atoms with Crippen molar-refractivity contribution >= 4 is 0 Å². The van der Waals surface area contributed by atoms with Crippen LogP contribution in [0.5, 0.6) is 0 Å². The molecule has 6 heteroatoms. The number of aromatic nitrogens is 2. The van der Waals surface area contributed by atoms with Crippen LogP contribution >= 0.6 is 0 Å². The van der Waals surface area contributed by atoms with E-state index in [4.69, 9.17) is 5.73 Å². The summed E-state index contributed by atoms with van der Waals surface area (Å²) in [6.45, 7) is 7.89. The average molecular weight is 252 g/mol. The zero-order valence-electron chi connectivity index (χ0n) is 11.3. The van der Waals surface area contributed by atoms with Crippen LogP contribution in [0.1, 0.15) is 18.7 Å². The summed E-state index contributed by atoms with van der Waals surface area (Å²) in [5.74, 6) is 0. The van der Waals surface area contributed by atoms with Gasteiger partial charge in [0.25, 0.3) is 0 Å². The maximum atomic E-state index is 5.89. The van der Waals surface area contributed by atoms with Gasteiger partial charge in [-0.05, 0) is 14.0 Å². The molecule has 1 aliphatic heterocycles. The van der Waals surface area contributed by atoms with Crippen LogP contribution in [0.4, 0.5) is 0 Å². The predicted molar refractivity (Wildman–Crippen MR) is 71.9 cm³/mol. The first-order chi connectivity index (χ1) is 8.74. The van der Waals surface area contributed by atoms with E-state index in [-0.39, 0.29) is 6.04 Å². The number of nitrogens with zero attached hydrogens (tertiary/aromatic N) is 4.